The van der Waals surface area contributed by atoms with Gasteiger partial charge in [-0.15, -0.1) is 0 Å². The van der Waals surface area contributed by atoms with Gasteiger partial charge in [-0.3, -0.25) is 4.68 Å². The summed E-state index contributed by atoms with van der Waals surface area (Å²) >= 11 is 0. The highest BCUT2D eigenvalue weighted by molar-refractivity contribution is 5.19. The summed E-state index contributed by atoms with van der Waals surface area (Å²) in [6.07, 6.45) is 2.87. The fraction of sp³-hybridized carbons (Fsp3) is 0.438. The SMILES string of the molecule is CC(C)n1ccc(CC(C)(O)Cc2ccc(F)cc2)n1. The maximum atomic E-state index is 12.9. The van der Waals surface area contributed by atoms with Crippen LogP contribution in [0.5, 0.6) is 0 Å². The van der Waals surface area contributed by atoms with Crippen molar-refractivity contribution in [3.05, 3.63) is 53.6 Å². The van der Waals surface area contributed by atoms with Crippen LogP contribution in [0.25, 0.3) is 0 Å². The summed E-state index contributed by atoms with van der Waals surface area (Å²) in [5.74, 6) is -0.260. The Kier molecular flexibility index (Phi) is 4.23. The molecule has 1 heterocycles. The molecular formula is C16H21FN2O. The Balaban J connectivity index is 2.04. The van der Waals surface area contributed by atoms with Gasteiger partial charge in [0.2, 0.25) is 0 Å². The lowest BCUT2D eigenvalue weighted by Crippen LogP contribution is -2.30. The molecule has 1 N–H and O–H groups in total. The third-order valence-electron chi connectivity index (χ3n) is 3.25. The van der Waals surface area contributed by atoms with Gasteiger partial charge in [0.15, 0.2) is 0 Å². The van der Waals surface area contributed by atoms with E-state index in [9.17, 15) is 9.50 Å². The zero-order valence-electron chi connectivity index (χ0n) is 12.2. The molecule has 4 heteroatoms. The number of hydrogen-bond donors (Lipinski definition) is 1. The molecule has 2 rings (SSSR count). The normalized spacial score (nSPS) is 14.5. The van der Waals surface area contributed by atoms with Crippen molar-refractivity contribution in [2.45, 2.75) is 45.3 Å². The van der Waals surface area contributed by atoms with E-state index in [0.717, 1.165) is 11.3 Å². The molecule has 0 saturated carbocycles. The smallest absolute Gasteiger partial charge is 0.123 e. The van der Waals surface area contributed by atoms with E-state index < -0.39 is 5.60 Å². The predicted octanol–water partition coefficient (Wildman–Crippen LogP) is 3.14. The van der Waals surface area contributed by atoms with Crippen molar-refractivity contribution in [3.63, 3.8) is 0 Å². The summed E-state index contributed by atoms with van der Waals surface area (Å²) in [7, 11) is 0. The summed E-state index contributed by atoms with van der Waals surface area (Å²) in [5, 5.41) is 14.9. The molecule has 1 aromatic heterocycles. The van der Waals surface area contributed by atoms with Crippen LogP contribution in [0.2, 0.25) is 0 Å². The van der Waals surface area contributed by atoms with Gasteiger partial charge in [0.25, 0.3) is 0 Å². The minimum absolute atomic E-state index is 0.260. The second kappa shape index (κ2) is 5.75. The number of benzene rings is 1. The average molecular weight is 276 g/mol. The molecule has 20 heavy (non-hydrogen) atoms. The number of aliphatic hydroxyl groups is 1. The molecule has 0 spiro atoms. The van der Waals surface area contributed by atoms with Crippen molar-refractivity contribution in [2.24, 2.45) is 0 Å². The van der Waals surface area contributed by atoms with Gasteiger partial charge in [0, 0.05) is 25.1 Å². The summed E-state index contributed by atoms with van der Waals surface area (Å²) in [6, 6.07) is 8.48. The second-order valence-corrected chi connectivity index (χ2v) is 5.86. The van der Waals surface area contributed by atoms with Crippen molar-refractivity contribution in [3.8, 4) is 0 Å². The Morgan fingerprint density at radius 1 is 1.20 bits per heavy atom. The first kappa shape index (κ1) is 14.7. The number of rotatable bonds is 5. The molecule has 0 bridgehead atoms. The molecule has 0 amide bonds. The predicted molar refractivity (Wildman–Crippen MR) is 77.0 cm³/mol. The Bertz CT molecular complexity index is 558. The molecule has 1 atom stereocenters. The minimum atomic E-state index is -0.895. The third-order valence-corrected chi connectivity index (χ3v) is 3.25. The van der Waals surface area contributed by atoms with E-state index >= 15 is 0 Å². The summed E-state index contributed by atoms with van der Waals surface area (Å²) in [5.41, 5.74) is 0.888. The molecule has 0 fully saturated rings. The molecular weight excluding hydrogens is 255 g/mol. The Morgan fingerprint density at radius 3 is 2.40 bits per heavy atom. The van der Waals surface area contributed by atoms with Crippen LogP contribution in [-0.2, 0) is 12.8 Å². The van der Waals surface area contributed by atoms with Crippen LogP contribution in [0.15, 0.2) is 36.5 Å². The fourth-order valence-corrected chi connectivity index (χ4v) is 2.25. The van der Waals surface area contributed by atoms with E-state index in [0.29, 0.717) is 18.9 Å². The van der Waals surface area contributed by atoms with Gasteiger partial charge < -0.3 is 5.11 Å². The van der Waals surface area contributed by atoms with Gasteiger partial charge in [-0.05, 0) is 44.5 Å². The van der Waals surface area contributed by atoms with E-state index in [2.05, 4.69) is 18.9 Å². The van der Waals surface area contributed by atoms with Crippen LogP contribution in [0, 0.1) is 5.82 Å². The maximum absolute atomic E-state index is 12.9. The molecule has 0 aliphatic heterocycles. The van der Waals surface area contributed by atoms with E-state index in [1.807, 2.05) is 16.9 Å². The van der Waals surface area contributed by atoms with Crippen LogP contribution in [-0.4, -0.2) is 20.5 Å². The van der Waals surface area contributed by atoms with Crippen molar-refractivity contribution in [1.29, 1.82) is 0 Å². The summed E-state index contributed by atoms with van der Waals surface area (Å²) in [6.45, 7) is 5.91. The molecule has 1 aromatic carbocycles. The maximum Gasteiger partial charge on any atom is 0.123 e. The largest absolute Gasteiger partial charge is 0.389 e. The molecule has 108 valence electrons. The highest BCUT2D eigenvalue weighted by atomic mass is 19.1. The molecule has 3 nitrogen and oxygen atoms in total. The zero-order chi connectivity index (χ0) is 14.8. The zero-order valence-corrected chi connectivity index (χ0v) is 12.2. The average Bonchev–Trinajstić information content (AvgIpc) is 2.79. The lowest BCUT2D eigenvalue weighted by Gasteiger charge is -2.22. The molecule has 0 aliphatic rings. The number of halogens is 1. The highest BCUT2D eigenvalue weighted by Gasteiger charge is 2.23. The topological polar surface area (TPSA) is 38.0 Å². The lowest BCUT2D eigenvalue weighted by atomic mass is 9.92. The molecule has 0 radical (unpaired) electrons. The minimum Gasteiger partial charge on any atom is -0.389 e. The van der Waals surface area contributed by atoms with Crippen molar-refractivity contribution in [1.82, 2.24) is 9.78 Å². The van der Waals surface area contributed by atoms with Gasteiger partial charge >= 0.3 is 0 Å². The van der Waals surface area contributed by atoms with Gasteiger partial charge in [-0.1, -0.05) is 12.1 Å². The van der Waals surface area contributed by atoms with Crippen LogP contribution in [0.4, 0.5) is 4.39 Å². The summed E-state index contributed by atoms with van der Waals surface area (Å²) < 4.78 is 14.7. The quantitative estimate of drug-likeness (QED) is 0.911. The van der Waals surface area contributed by atoms with E-state index in [1.165, 1.54) is 12.1 Å². The molecule has 1 unspecified atom stereocenters. The first-order chi connectivity index (χ1) is 9.35. The van der Waals surface area contributed by atoms with E-state index in [1.54, 1.807) is 19.1 Å². The monoisotopic (exact) mass is 276 g/mol. The van der Waals surface area contributed by atoms with E-state index in [-0.39, 0.29) is 5.82 Å². The van der Waals surface area contributed by atoms with Crippen molar-refractivity contribution in [2.75, 3.05) is 0 Å². The van der Waals surface area contributed by atoms with Crippen LogP contribution in [0.1, 0.15) is 38.1 Å². The van der Waals surface area contributed by atoms with Gasteiger partial charge in [0.05, 0.1) is 11.3 Å². The van der Waals surface area contributed by atoms with Crippen LogP contribution < -0.4 is 0 Å². The standard InChI is InChI=1S/C16H21FN2O/c1-12(2)19-9-8-15(18-19)11-16(3,20)10-13-4-6-14(17)7-5-13/h4-9,12,20H,10-11H2,1-3H3. The Morgan fingerprint density at radius 2 is 1.85 bits per heavy atom. The van der Waals surface area contributed by atoms with Crippen LogP contribution >= 0.6 is 0 Å². The molecule has 0 aliphatic carbocycles. The lowest BCUT2D eigenvalue weighted by molar-refractivity contribution is 0.0596. The number of hydrogen-bond acceptors (Lipinski definition) is 2. The third kappa shape index (κ3) is 3.90. The van der Waals surface area contributed by atoms with Crippen molar-refractivity contribution >= 4 is 0 Å². The van der Waals surface area contributed by atoms with Gasteiger partial charge in [-0.2, -0.15) is 5.10 Å². The highest BCUT2D eigenvalue weighted by Crippen LogP contribution is 2.19. The Hall–Kier alpha value is -1.68. The number of nitrogens with zero attached hydrogens (tertiary/aromatic N) is 2. The molecule has 2 aromatic rings. The molecule has 0 saturated heterocycles. The number of aromatic nitrogens is 2. The first-order valence-corrected chi connectivity index (χ1v) is 6.86. The van der Waals surface area contributed by atoms with E-state index in [4.69, 9.17) is 0 Å². The van der Waals surface area contributed by atoms with Crippen molar-refractivity contribution < 1.29 is 9.50 Å². The second-order valence-electron chi connectivity index (χ2n) is 5.86. The fourth-order valence-electron chi connectivity index (χ4n) is 2.25. The Labute approximate surface area is 119 Å². The van der Waals surface area contributed by atoms with Gasteiger partial charge in [0.1, 0.15) is 5.82 Å². The van der Waals surface area contributed by atoms with Crippen LogP contribution in [0.3, 0.4) is 0 Å². The summed E-state index contributed by atoms with van der Waals surface area (Å²) in [4.78, 5) is 0. The van der Waals surface area contributed by atoms with Gasteiger partial charge in [-0.25, -0.2) is 4.39 Å². The first-order valence-electron chi connectivity index (χ1n) is 6.86.